The zero-order valence-electron chi connectivity index (χ0n) is 17.6. The molecular formula is C23H26F3N5O. The van der Waals surface area contributed by atoms with Crippen LogP contribution in [0.3, 0.4) is 0 Å². The SMILES string of the molecule is FC(F)(F)c1ccc2[nH]c(CNCCCCOCCNc3cccc4[nH]ncc34)cc2c1. The van der Waals surface area contributed by atoms with Crippen LogP contribution in [-0.2, 0) is 17.5 Å². The van der Waals surface area contributed by atoms with Crippen molar-refractivity contribution in [2.24, 2.45) is 0 Å². The Labute approximate surface area is 183 Å². The Kier molecular flexibility index (Phi) is 6.96. The van der Waals surface area contributed by atoms with E-state index in [-0.39, 0.29) is 0 Å². The third-order valence-electron chi connectivity index (χ3n) is 5.26. The summed E-state index contributed by atoms with van der Waals surface area (Å²) in [6.07, 6.45) is -0.622. The number of ether oxygens (including phenoxy) is 1. The molecule has 32 heavy (non-hydrogen) atoms. The summed E-state index contributed by atoms with van der Waals surface area (Å²) >= 11 is 0. The molecule has 9 heteroatoms. The molecule has 170 valence electrons. The van der Waals surface area contributed by atoms with Crippen LogP contribution in [0.1, 0.15) is 24.1 Å². The Morgan fingerprint density at radius 1 is 0.969 bits per heavy atom. The van der Waals surface area contributed by atoms with E-state index in [9.17, 15) is 13.2 Å². The zero-order valence-corrected chi connectivity index (χ0v) is 17.6. The van der Waals surface area contributed by atoms with Crippen LogP contribution in [-0.4, -0.2) is 41.5 Å². The minimum Gasteiger partial charge on any atom is -0.382 e. The highest BCUT2D eigenvalue weighted by Gasteiger charge is 2.30. The van der Waals surface area contributed by atoms with E-state index in [1.165, 1.54) is 12.1 Å². The van der Waals surface area contributed by atoms with Crippen LogP contribution in [0.5, 0.6) is 0 Å². The van der Waals surface area contributed by atoms with Crippen molar-refractivity contribution in [2.75, 3.05) is 31.6 Å². The first-order chi connectivity index (χ1) is 15.5. The minimum absolute atomic E-state index is 0.572. The van der Waals surface area contributed by atoms with Gasteiger partial charge in [0.1, 0.15) is 0 Å². The second-order valence-corrected chi connectivity index (χ2v) is 7.65. The predicted octanol–water partition coefficient (Wildman–Crippen LogP) is 5.06. The van der Waals surface area contributed by atoms with Crippen LogP contribution in [0.2, 0.25) is 0 Å². The molecule has 0 bridgehead atoms. The summed E-state index contributed by atoms with van der Waals surface area (Å²) in [5, 5.41) is 15.3. The Hall–Kier alpha value is -3.04. The molecule has 4 aromatic rings. The van der Waals surface area contributed by atoms with Gasteiger partial charge in [0.2, 0.25) is 0 Å². The number of rotatable bonds is 11. The highest BCUT2D eigenvalue weighted by molar-refractivity contribution is 5.90. The molecule has 0 spiro atoms. The molecule has 4 N–H and O–H groups in total. The number of nitrogens with zero attached hydrogens (tertiary/aromatic N) is 1. The Morgan fingerprint density at radius 2 is 1.88 bits per heavy atom. The van der Waals surface area contributed by atoms with Gasteiger partial charge >= 0.3 is 6.18 Å². The van der Waals surface area contributed by atoms with E-state index in [4.69, 9.17) is 4.74 Å². The van der Waals surface area contributed by atoms with Gasteiger partial charge < -0.3 is 20.4 Å². The molecule has 0 amide bonds. The number of fused-ring (bicyclic) bond motifs is 2. The zero-order chi connectivity index (χ0) is 22.4. The molecule has 0 atom stereocenters. The Bertz CT molecular complexity index is 1150. The van der Waals surface area contributed by atoms with Crippen LogP contribution in [0.15, 0.2) is 48.7 Å². The lowest BCUT2D eigenvalue weighted by atomic mass is 10.1. The van der Waals surface area contributed by atoms with Crippen molar-refractivity contribution < 1.29 is 17.9 Å². The van der Waals surface area contributed by atoms with Gasteiger partial charge in [-0.15, -0.1) is 0 Å². The Balaban J connectivity index is 1.08. The summed E-state index contributed by atoms with van der Waals surface area (Å²) in [6, 6.07) is 11.5. The van der Waals surface area contributed by atoms with Crippen LogP contribution in [0.4, 0.5) is 18.9 Å². The predicted molar refractivity (Wildman–Crippen MR) is 120 cm³/mol. The van der Waals surface area contributed by atoms with Crippen molar-refractivity contribution in [2.45, 2.75) is 25.6 Å². The van der Waals surface area contributed by atoms with Crippen molar-refractivity contribution in [1.29, 1.82) is 0 Å². The average molecular weight is 445 g/mol. The number of benzene rings is 2. The lowest BCUT2D eigenvalue weighted by Gasteiger charge is -2.08. The van der Waals surface area contributed by atoms with E-state index < -0.39 is 11.7 Å². The third-order valence-corrected chi connectivity index (χ3v) is 5.26. The molecule has 0 aliphatic rings. The number of hydrogen-bond donors (Lipinski definition) is 4. The van der Waals surface area contributed by atoms with E-state index in [2.05, 4.69) is 25.8 Å². The van der Waals surface area contributed by atoms with Crippen molar-refractivity contribution in [3.05, 3.63) is 59.9 Å². The van der Waals surface area contributed by atoms with Crippen molar-refractivity contribution in [3.8, 4) is 0 Å². The third kappa shape index (κ3) is 5.60. The largest absolute Gasteiger partial charge is 0.416 e. The molecule has 0 aliphatic carbocycles. The monoisotopic (exact) mass is 445 g/mol. The quantitative estimate of drug-likeness (QED) is 0.243. The number of anilines is 1. The summed E-state index contributed by atoms with van der Waals surface area (Å²) in [5.41, 5.74) is 2.99. The molecule has 0 unspecified atom stereocenters. The number of halogens is 3. The first-order valence-electron chi connectivity index (χ1n) is 10.6. The molecule has 0 radical (unpaired) electrons. The molecule has 2 aromatic heterocycles. The van der Waals surface area contributed by atoms with Crippen molar-refractivity contribution in [1.82, 2.24) is 20.5 Å². The first kappa shape index (κ1) is 22.2. The number of hydrogen-bond acceptors (Lipinski definition) is 4. The molecule has 0 aliphatic heterocycles. The van der Waals surface area contributed by atoms with E-state index in [1.54, 1.807) is 12.3 Å². The van der Waals surface area contributed by atoms with Gasteiger partial charge in [-0.25, -0.2) is 0 Å². The van der Waals surface area contributed by atoms with E-state index >= 15 is 0 Å². The van der Waals surface area contributed by atoms with Gasteiger partial charge in [0, 0.05) is 47.4 Å². The van der Waals surface area contributed by atoms with Gasteiger partial charge in [0.25, 0.3) is 0 Å². The summed E-state index contributed by atoms with van der Waals surface area (Å²) in [7, 11) is 0. The van der Waals surface area contributed by atoms with Gasteiger partial charge in [-0.3, -0.25) is 5.10 Å². The van der Waals surface area contributed by atoms with Gasteiger partial charge in [-0.2, -0.15) is 18.3 Å². The molecule has 2 heterocycles. The summed E-state index contributed by atoms with van der Waals surface area (Å²) in [5.74, 6) is 0. The standard InChI is InChI=1S/C23H26F3N5O/c24-23(25,26)17-6-7-20-16(12-17)13-18(30-20)14-27-8-1-2-10-32-11-9-28-21-4-3-5-22-19(21)15-29-31-22/h3-7,12-13,15,27-28,30H,1-2,8-11,14H2,(H,29,31). The van der Waals surface area contributed by atoms with E-state index in [1.807, 2.05) is 18.2 Å². The normalized spacial score (nSPS) is 12.1. The van der Waals surface area contributed by atoms with Gasteiger partial charge in [-0.05, 0) is 55.8 Å². The van der Waals surface area contributed by atoms with Gasteiger partial charge in [0.15, 0.2) is 0 Å². The molecular weight excluding hydrogens is 419 g/mol. The van der Waals surface area contributed by atoms with Crippen molar-refractivity contribution >= 4 is 27.5 Å². The Morgan fingerprint density at radius 3 is 2.75 bits per heavy atom. The molecule has 2 aromatic carbocycles. The number of unbranched alkanes of at least 4 members (excludes halogenated alkanes) is 1. The van der Waals surface area contributed by atoms with Crippen LogP contribution < -0.4 is 10.6 Å². The van der Waals surface area contributed by atoms with E-state index in [0.717, 1.165) is 54.3 Å². The molecule has 0 fully saturated rings. The summed E-state index contributed by atoms with van der Waals surface area (Å²) in [6.45, 7) is 3.43. The fourth-order valence-corrected chi connectivity index (χ4v) is 3.62. The lowest BCUT2D eigenvalue weighted by Crippen LogP contribution is -2.16. The van der Waals surface area contributed by atoms with Crippen LogP contribution in [0, 0.1) is 0 Å². The summed E-state index contributed by atoms with van der Waals surface area (Å²) in [4.78, 5) is 3.15. The lowest BCUT2D eigenvalue weighted by molar-refractivity contribution is -0.137. The number of nitrogens with one attached hydrogen (secondary N) is 4. The molecule has 6 nitrogen and oxygen atoms in total. The maximum absolute atomic E-state index is 12.8. The fourth-order valence-electron chi connectivity index (χ4n) is 3.62. The smallest absolute Gasteiger partial charge is 0.382 e. The summed E-state index contributed by atoms with van der Waals surface area (Å²) < 4.78 is 44.2. The highest BCUT2D eigenvalue weighted by atomic mass is 19.4. The number of aromatic amines is 2. The maximum Gasteiger partial charge on any atom is 0.416 e. The van der Waals surface area contributed by atoms with Gasteiger partial charge in [0.05, 0.1) is 23.9 Å². The first-order valence-corrected chi connectivity index (χ1v) is 10.6. The van der Waals surface area contributed by atoms with Crippen LogP contribution >= 0.6 is 0 Å². The molecule has 0 saturated heterocycles. The minimum atomic E-state index is -4.32. The maximum atomic E-state index is 12.8. The number of alkyl halides is 3. The number of aromatic nitrogens is 3. The average Bonchev–Trinajstić information content (AvgIpc) is 3.40. The topological polar surface area (TPSA) is 77.8 Å². The number of H-pyrrole nitrogens is 2. The molecule has 0 saturated carbocycles. The molecule has 4 rings (SSSR count). The van der Waals surface area contributed by atoms with Crippen molar-refractivity contribution in [3.63, 3.8) is 0 Å². The van der Waals surface area contributed by atoms with Crippen LogP contribution in [0.25, 0.3) is 21.8 Å². The second-order valence-electron chi connectivity index (χ2n) is 7.65. The fraction of sp³-hybridized carbons (Fsp3) is 0.348. The highest BCUT2D eigenvalue weighted by Crippen LogP contribution is 2.31. The second kappa shape index (κ2) is 10.1. The van der Waals surface area contributed by atoms with Gasteiger partial charge in [-0.1, -0.05) is 6.07 Å². The van der Waals surface area contributed by atoms with E-state index in [0.29, 0.717) is 30.7 Å².